The fourth-order valence-corrected chi connectivity index (χ4v) is 3.30. The van der Waals surface area contributed by atoms with Gasteiger partial charge in [0.1, 0.15) is 5.82 Å². The number of hydrogen-bond acceptors (Lipinski definition) is 3. The van der Waals surface area contributed by atoms with Crippen molar-refractivity contribution in [3.63, 3.8) is 0 Å². The lowest BCUT2D eigenvalue weighted by Crippen LogP contribution is -2.53. The SMILES string of the molecule is CN(Cc1ccc(F)cc1)C1(CN)CCN(C2CC2)C1. The van der Waals surface area contributed by atoms with Crippen molar-refractivity contribution in [2.24, 2.45) is 5.73 Å². The van der Waals surface area contributed by atoms with Gasteiger partial charge in [0.25, 0.3) is 0 Å². The molecule has 0 aromatic heterocycles. The topological polar surface area (TPSA) is 32.5 Å². The van der Waals surface area contributed by atoms with Crippen LogP contribution in [0.1, 0.15) is 24.8 Å². The average Bonchev–Trinajstić information content (AvgIpc) is 3.21. The molecule has 1 atom stereocenters. The van der Waals surface area contributed by atoms with E-state index < -0.39 is 0 Å². The first-order chi connectivity index (χ1) is 9.63. The lowest BCUT2D eigenvalue weighted by atomic mass is 9.96. The minimum absolute atomic E-state index is 0.0803. The quantitative estimate of drug-likeness (QED) is 0.891. The molecule has 0 radical (unpaired) electrons. The molecule has 2 fully saturated rings. The van der Waals surface area contributed by atoms with E-state index in [1.54, 1.807) is 0 Å². The summed E-state index contributed by atoms with van der Waals surface area (Å²) in [5.74, 6) is -0.175. The molecule has 1 aliphatic carbocycles. The Bertz CT molecular complexity index is 457. The Balaban J connectivity index is 1.67. The van der Waals surface area contributed by atoms with E-state index in [9.17, 15) is 4.39 Å². The van der Waals surface area contributed by atoms with Gasteiger partial charge in [-0.1, -0.05) is 12.1 Å². The van der Waals surface area contributed by atoms with Crippen LogP contribution in [0.15, 0.2) is 24.3 Å². The summed E-state index contributed by atoms with van der Waals surface area (Å²) in [5, 5.41) is 0. The van der Waals surface area contributed by atoms with Crippen molar-refractivity contribution in [2.75, 3.05) is 26.7 Å². The summed E-state index contributed by atoms with van der Waals surface area (Å²) in [6, 6.07) is 7.60. The van der Waals surface area contributed by atoms with E-state index in [0.717, 1.165) is 37.7 Å². The Morgan fingerprint density at radius 3 is 2.65 bits per heavy atom. The predicted molar refractivity (Wildman–Crippen MR) is 78.9 cm³/mol. The number of likely N-dealkylation sites (N-methyl/N-ethyl adjacent to an activating group) is 1. The summed E-state index contributed by atoms with van der Waals surface area (Å²) in [5.41, 5.74) is 7.33. The molecule has 1 saturated heterocycles. The third-order valence-electron chi connectivity index (χ3n) is 4.95. The molecule has 20 heavy (non-hydrogen) atoms. The van der Waals surface area contributed by atoms with Gasteiger partial charge in [-0.05, 0) is 44.0 Å². The van der Waals surface area contributed by atoms with E-state index in [0.29, 0.717) is 6.54 Å². The summed E-state index contributed by atoms with van der Waals surface area (Å²) in [7, 11) is 2.15. The molecule has 1 aliphatic heterocycles. The minimum atomic E-state index is -0.175. The van der Waals surface area contributed by atoms with Crippen LogP contribution >= 0.6 is 0 Å². The Morgan fingerprint density at radius 2 is 2.05 bits per heavy atom. The van der Waals surface area contributed by atoms with Crippen LogP contribution in [0.25, 0.3) is 0 Å². The fraction of sp³-hybridized carbons (Fsp3) is 0.625. The van der Waals surface area contributed by atoms with Gasteiger partial charge >= 0.3 is 0 Å². The largest absolute Gasteiger partial charge is 0.329 e. The van der Waals surface area contributed by atoms with Crippen LogP contribution in [-0.4, -0.2) is 48.1 Å². The van der Waals surface area contributed by atoms with Gasteiger partial charge in [-0.2, -0.15) is 0 Å². The number of hydrogen-bond donors (Lipinski definition) is 1. The van der Waals surface area contributed by atoms with Crippen LogP contribution in [-0.2, 0) is 6.54 Å². The molecule has 1 saturated carbocycles. The van der Waals surface area contributed by atoms with Gasteiger partial charge in [-0.25, -0.2) is 4.39 Å². The minimum Gasteiger partial charge on any atom is -0.329 e. The van der Waals surface area contributed by atoms with Gasteiger partial charge < -0.3 is 5.73 Å². The molecule has 2 N–H and O–H groups in total. The van der Waals surface area contributed by atoms with E-state index >= 15 is 0 Å². The molecule has 1 aromatic rings. The zero-order valence-electron chi connectivity index (χ0n) is 12.2. The molecule has 110 valence electrons. The Morgan fingerprint density at radius 1 is 1.35 bits per heavy atom. The molecular formula is C16H24FN3. The standard InChI is InChI=1S/C16H24FN3/c1-19(10-13-2-4-14(17)5-3-13)16(11-18)8-9-20(12-16)15-6-7-15/h2-5,15H,6-12,18H2,1H3. The Labute approximate surface area is 120 Å². The predicted octanol–water partition coefficient (Wildman–Crippen LogP) is 1.82. The highest BCUT2D eigenvalue weighted by Crippen LogP contribution is 2.35. The number of nitrogens with two attached hydrogens (primary N) is 1. The van der Waals surface area contributed by atoms with Crippen LogP contribution < -0.4 is 5.73 Å². The summed E-state index contributed by atoms with van der Waals surface area (Å²) in [4.78, 5) is 4.95. The number of likely N-dealkylation sites (tertiary alicyclic amines) is 1. The van der Waals surface area contributed by atoms with Crippen molar-refractivity contribution in [3.8, 4) is 0 Å². The number of halogens is 1. The smallest absolute Gasteiger partial charge is 0.123 e. The van der Waals surface area contributed by atoms with Crippen LogP contribution in [0.4, 0.5) is 4.39 Å². The van der Waals surface area contributed by atoms with Gasteiger partial charge in [-0.3, -0.25) is 9.80 Å². The van der Waals surface area contributed by atoms with Crippen LogP contribution in [0.5, 0.6) is 0 Å². The summed E-state index contributed by atoms with van der Waals surface area (Å²) < 4.78 is 13.0. The van der Waals surface area contributed by atoms with E-state index in [1.807, 2.05) is 12.1 Å². The molecule has 0 amide bonds. The Hall–Kier alpha value is -0.970. The molecule has 1 heterocycles. The Kier molecular flexibility index (Phi) is 3.80. The second-order valence-electron chi connectivity index (χ2n) is 6.36. The first-order valence-corrected chi connectivity index (χ1v) is 7.53. The van der Waals surface area contributed by atoms with E-state index in [2.05, 4.69) is 16.8 Å². The van der Waals surface area contributed by atoms with Gasteiger partial charge in [-0.15, -0.1) is 0 Å². The first-order valence-electron chi connectivity index (χ1n) is 7.53. The third-order valence-corrected chi connectivity index (χ3v) is 4.95. The maximum atomic E-state index is 13.0. The number of rotatable bonds is 5. The van der Waals surface area contributed by atoms with E-state index in [-0.39, 0.29) is 11.4 Å². The van der Waals surface area contributed by atoms with Crippen molar-refractivity contribution in [3.05, 3.63) is 35.6 Å². The highest BCUT2D eigenvalue weighted by atomic mass is 19.1. The molecule has 0 bridgehead atoms. The van der Waals surface area contributed by atoms with Crippen LogP contribution in [0.2, 0.25) is 0 Å². The molecule has 0 spiro atoms. The van der Waals surface area contributed by atoms with Gasteiger partial charge in [0.2, 0.25) is 0 Å². The van der Waals surface area contributed by atoms with Gasteiger partial charge in [0, 0.05) is 37.8 Å². The van der Waals surface area contributed by atoms with Crippen molar-refractivity contribution in [2.45, 2.75) is 37.4 Å². The second-order valence-corrected chi connectivity index (χ2v) is 6.36. The summed E-state index contributed by atoms with van der Waals surface area (Å²) >= 11 is 0. The maximum absolute atomic E-state index is 13.0. The van der Waals surface area contributed by atoms with Gasteiger partial charge in [0.15, 0.2) is 0 Å². The molecule has 2 aliphatic rings. The normalized spacial score (nSPS) is 27.4. The maximum Gasteiger partial charge on any atom is 0.123 e. The molecule has 1 aromatic carbocycles. The highest BCUT2D eigenvalue weighted by molar-refractivity contribution is 5.17. The van der Waals surface area contributed by atoms with E-state index in [4.69, 9.17) is 5.73 Å². The van der Waals surface area contributed by atoms with Gasteiger partial charge in [0.05, 0.1) is 0 Å². The van der Waals surface area contributed by atoms with Crippen molar-refractivity contribution >= 4 is 0 Å². The molecule has 3 nitrogen and oxygen atoms in total. The van der Waals surface area contributed by atoms with Crippen molar-refractivity contribution in [1.82, 2.24) is 9.80 Å². The van der Waals surface area contributed by atoms with Crippen molar-refractivity contribution in [1.29, 1.82) is 0 Å². The first kappa shape index (κ1) is 14.0. The highest BCUT2D eigenvalue weighted by Gasteiger charge is 2.44. The monoisotopic (exact) mass is 277 g/mol. The molecule has 4 heteroatoms. The lowest BCUT2D eigenvalue weighted by Gasteiger charge is -2.38. The zero-order chi connectivity index (χ0) is 14.2. The van der Waals surface area contributed by atoms with Crippen LogP contribution in [0, 0.1) is 5.82 Å². The summed E-state index contributed by atoms with van der Waals surface area (Å²) in [6.45, 7) is 3.76. The molecule has 1 unspecified atom stereocenters. The number of benzene rings is 1. The van der Waals surface area contributed by atoms with E-state index in [1.165, 1.54) is 25.0 Å². The zero-order valence-corrected chi connectivity index (χ0v) is 12.2. The third kappa shape index (κ3) is 2.73. The second kappa shape index (κ2) is 5.43. The number of nitrogens with zero attached hydrogens (tertiary/aromatic N) is 2. The lowest BCUT2D eigenvalue weighted by molar-refractivity contribution is 0.120. The molecule has 3 rings (SSSR count). The average molecular weight is 277 g/mol. The molecular weight excluding hydrogens is 253 g/mol. The summed E-state index contributed by atoms with van der Waals surface area (Å²) in [6.07, 6.45) is 3.84. The fourth-order valence-electron chi connectivity index (χ4n) is 3.30. The van der Waals surface area contributed by atoms with Crippen LogP contribution in [0.3, 0.4) is 0 Å². The van der Waals surface area contributed by atoms with Crippen molar-refractivity contribution < 1.29 is 4.39 Å².